The van der Waals surface area contributed by atoms with Gasteiger partial charge in [0.05, 0.1) is 5.56 Å². The number of allylic oxidation sites excluding steroid dienone is 1. The van der Waals surface area contributed by atoms with Gasteiger partial charge in [0.2, 0.25) is 0 Å². The lowest BCUT2D eigenvalue weighted by atomic mass is 10.1. The van der Waals surface area contributed by atoms with Gasteiger partial charge >= 0.3 is 0 Å². The summed E-state index contributed by atoms with van der Waals surface area (Å²) in [5, 5.41) is 10.1. The Morgan fingerprint density at radius 1 is 1.12 bits per heavy atom. The number of ether oxygens (including phenoxy) is 1. The summed E-state index contributed by atoms with van der Waals surface area (Å²) in [5.74, 6) is 0.0217. The van der Waals surface area contributed by atoms with Crippen LogP contribution in [0.1, 0.15) is 36.7 Å². The first kappa shape index (κ1) is 18.7. The number of benzene rings is 2. The molecular formula is C20H19ClO4. The zero-order valence-corrected chi connectivity index (χ0v) is 15.0. The molecule has 1 N–H and O–H groups in total. The number of Topliss-reactive ketones (excluding diaryl/α,β-unsaturated/α-hetero) is 1. The number of carbonyl (C=O) groups excluding carboxylic acids is 2. The molecule has 0 atom stereocenters. The maximum atomic E-state index is 12.1. The minimum absolute atomic E-state index is 0.0650. The molecule has 0 saturated carbocycles. The van der Waals surface area contributed by atoms with Crippen LogP contribution in [0.2, 0.25) is 5.02 Å². The second-order valence-electron chi connectivity index (χ2n) is 6.10. The summed E-state index contributed by atoms with van der Waals surface area (Å²) in [7, 11) is 0. The van der Waals surface area contributed by atoms with Crippen molar-refractivity contribution in [3.05, 3.63) is 64.7 Å². The Hall–Kier alpha value is -2.59. The summed E-state index contributed by atoms with van der Waals surface area (Å²) >= 11 is 5.75. The van der Waals surface area contributed by atoms with Crippen LogP contribution in [0.5, 0.6) is 11.5 Å². The van der Waals surface area contributed by atoms with Crippen LogP contribution < -0.4 is 4.74 Å². The third-order valence-electron chi connectivity index (χ3n) is 3.75. The molecule has 5 heteroatoms. The predicted molar refractivity (Wildman–Crippen MR) is 98.3 cm³/mol. The second-order valence-corrected chi connectivity index (χ2v) is 6.53. The Morgan fingerprint density at radius 3 is 2.32 bits per heavy atom. The zero-order chi connectivity index (χ0) is 18.6. The Kier molecular flexibility index (Phi) is 5.65. The molecule has 0 heterocycles. The van der Waals surface area contributed by atoms with Crippen LogP contribution in [0, 0.1) is 0 Å². The first-order valence-electron chi connectivity index (χ1n) is 7.70. The molecule has 0 bridgehead atoms. The molecule has 2 aromatic rings. The molecular weight excluding hydrogens is 340 g/mol. The van der Waals surface area contributed by atoms with Crippen molar-refractivity contribution in [1.82, 2.24) is 0 Å². The van der Waals surface area contributed by atoms with Crippen LogP contribution in [0.4, 0.5) is 0 Å². The van der Waals surface area contributed by atoms with Crippen molar-refractivity contribution in [2.45, 2.75) is 26.4 Å². The molecule has 0 amide bonds. The molecule has 0 aliphatic carbocycles. The Labute approximate surface area is 151 Å². The lowest BCUT2D eigenvalue weighted by Gasteiger charge is -2.23. The number of rotatable bonds is 6. The fraction of sp³-hybridized carbons (Fsp3) is 0.200. The number of halogens is 1. The third kappa shape index (κ3) is 4.94. The maximum absolute atomic E-state index is 12.1. The van der Waals surface area contributed by atoms with Gasteiger partial charge in [0, 0.05) is 5.02 Å². The van der Waals surface area contributed by atoms with E-state index in [1.165, 1.54) is 25.1 Å². The van der Waals surface area contributed by atoms with Crippen LogP contribution in [0.25, 0.3) is 6.08 Å². The summed E-state index contributed by atoms with van der Waals surface area (Å²) < 4.78 is 5.65. The van der Waals surface area contributed by atoms with E-state index in [-0.39, 0.29) is 22.9 Å². The maximum Gasteiger partial charge on any atom is 0.189 e. The Morgan fingerprint density at radius 2 is 1.76 bits per heavy atom. The lowest BCUT2D eigenvalue weighted by Crippen LogP contribution is -2.36. The molecule has 0 spiro atoms. The van der Waals surface area contributed by atoms with E-state index in [9.17, 15) is 14.7 Å². The van der Waals surface area contributed by atoms with Crippen LogP contribution in [0.15, 0.2) is 48.5 Å². The van der Waals surface area contributed by atoms with Crippen molar-refractivity contribution in [1.29, 1.82) is 0 Å². The second kappa shape index (κ2) is 7.53. The largest absolute Gasteiger partial charge is 0.507 e. The lowest BCUT2D eigenvalue weighted by molar-refractivity contribution is -0.129. The van der Waals surface area contributed by atoms with Gasteiger partial charge in [0.15, 0.2) is 17.2 Å². The van der Waals surface area contributed by atoms with Crippen molar-refractivity contribution in [3.8, 4) is 11.5 Å². The van der Waals surface area contributed by atoms with E-state index in [1.54, 1.807) is 50.3 Å². The van der Waals surface area contributed by atoms with E-state index in [0.717, 1.165) is 5.56 Å². The zero-order valence-electron chi connectivity index (χ0n) is 14.2. The first-order valence-corrected chi connectivity index (χ1v) is 8.08. The van der Waals surface area contributed by atoms with Gasteiger partial charge in [-0.1, -0.05) is 29.8 Å². The highest BCUT2D eigenvalue weighted by Crippen LogP contribution is 2.23. The fourth-order valence-electron chi connectivity index (χ4n) is 1.99. The van der Waals surface area contributed by atoms with Gasteiger partial charge in [-0.3, -0.25) is 9.59 Å². The number of hydrogen-bond acceptors (Lipinski definition) is 4. The number of carbonyl (C=O) groups is 2. The van der Waals surface area contributed by atoms with Gasteiger partial charge < -0.3 is 9.84 Å². The average molecular weight is 359 g/mol. The normalized spacial score (nSPS) is 11.5. The summed E-state index contributed by atoms with van der Waals surface area (Å²) in [4.78, 5) is 23.6. The molecule has 4 nitrogen and oxygen atoms in total. The molecule has 0 fully saturated rings. The molecule has 0 aliphatic heterocycles. The monoisotopic (exact) mass is 358 g/mol. The third-order valence-corrected chi connectivity index (χ3v) is 3.99. The fourth-order valence-corrected chi connectivity index (χ4v) is 2.15. The highest BCUT2D eigenvalue weighted by Gasteiger charge is 2.25. The molecule has 0 aliphatic rings. The van der Waals surface area contributed by atoms with E-state index >= 15 is 0 Å². The molecule has 25 heavy (non-hydrogen) atoms. The van der Waals surface area contributed by atoms with Gasteiger partial charge in [-0.2, -0.15) is 0 Å². The highest BCUT2D eigenvalue weighted by atomic mass is 35.5. The minimum atomic E-state index is -0.889. The van der Waals surface area contributed by atoms with Crippen molar-refractivity contribution < 1.29 is 19.4 Å². The summed E-state index contributed by atoms with van der Waals surface area (Å²) in [6, 6.07) is 11.4. The molecule has 130 valence electrons. The first-order chi connectivity index (χ1) is 11.7. The van der Waals surface area contributed by atoms with Crippen LogP contribution in [0.3, 0.4) is 0 Å². The van der Waals surface area contributed by atoms with Crippen molar-refractivity contribution in [2.75, 3.05) is 0 Å². The summed E-state index contributed by atoms with van der Waals surface area (Å²) in [6.07, 6.45) is 3.01. The molecule has 2 aromatic carbocycles. The summed E-state index contributed by atoms with van der Waals surface area (Å²) in [5.41, 5.74) is 0.0815. The van der Waals surface area contributed by atoms with Crippen molar-refractivity contribution in [2.24, 2.45) is 0 Å². The standard InChI is InChI=1S/C20H19ClO4/c1-13(22)20(2,3)25-16-8-4-14(5-9-16)6-11-18(23)17-10-7-15(21)12-19(17)24/h4-12,24H,1-3H3/b11-6+. The molecule has 0 radical (unpaired) electrons. The Bertz CT molecular complexity index is 820. The molecule has 0 saturated heterocycles. The number of phenolic OH excluding ortho intramolecular Hbond substituents is 1. The van der Waals surface area contributed by atoms with Gasteiger partial charge in [0.1, 0.15) is 11.5 Å². The molecule has 0 unspecified atom stereocenters. The number of aromatic hydroxyl groups is 1. The smallest absolute Gasteiger partial charge is 0.189 e. The topological polar surface area (TPSA) is 63.6 Å². The van der Waals surface area contributed by atoms with E-state index in [4.69, 9.17) is 16.3 Å². The van der Waals surface area contributed by atoms with E-state index < -0.39 is 5.60 Å². The van der Waals surface area contributed by atoms with Crippen molar-refractivity contribution >= 4 is 29.2 Å². The van der Waals surface area contributed by atoms with E-state index in [2.05, 4.69) is 0 Å². The van der Waals surface area contributed by atoms with Crippen LogP contribution >= 0.6 is 11.6 Å². The van der Waals surface area contributed by atoms with Gasteiger partial charge in [0.25, 0.3) is 0 Å². The quantitative estimate of drug-likeness (QED) is 0.601. The van der Waals surface area contributed by atoms with E-state index in [0.29, 0.717) is 10.8 Å². The van der Waals surface area contributed by atoms with Gasteiger partial charge in [-0.05, 0) is 62.7 Å². The predicted octanol–water partition coefficient (Wildman–Crippen LogP) is 4.69. The van der Waals surface area contributed by atoms with Gasteiger partial charge in [-0.15, -0.1) is 0 Å². The molecule has 2 rings (SSSR count). The van der Waals surface area contributed by atoms with Crippen molar-refractivity contribution in [3.63, 3.8) is 0 Å². The van der Waals surface area contributed by atoms with Gasteiger partial charge in [-0.25, -0.2) is 0 Å². The number of hydrogen-bond donors (Lipinski definition) is 1. The minimum Gasteiger partial charge on any atom is -0.507 e. The summed E-state index contributed by atoms with van der Waals surface area (Å²) in [6.45, 7) is 4.90. The number of ketones is 2. The molecule has 0 aromatic heterocycles. The van der Waals surface area contributed by atoms with Crippen LogP contribution in [-0.2, 0) is 4.79 Å². The average Bonchev–Trinajstić information content (AvgIpc) is 2.53. The van der Waals surface area contributed by atoms with Crippen LogP contribution in [-0.4, -0.2) is 22.3 Å². The highest BCUT2D eigenvalue weighted by molar-refractivity contribution is 6.31. The number of phenols is 1. The van der Waals surface area contributed by atoms with E-state index in [1.807, 2.05) is 0 Å². The Balaban J connectivity index is 2.09. The SMILES string of the molecule is CC(=O)C(C)(C)Oc1ccc(/C=C/C(=O)c2ccc(Cl)cc2O)cc1.